The Kier molecular flexibility index (Phi) is 4.74. The first kappa shape index (κ1) is 19.4. The minimum atomic E-state index is -4.67. The Hall–Kier alpha value is -0.870. The first-order chi connectivity index (χ1) is 12.7. The number of aliphatic hydroxyl groups is 1. The Labute approximate surface area is 155 Å². The molecule has 4 heterocycles. The second kappa shape index (κ2) is 6.59. The van der Waals surface area contributed by atoms with Crippen molar-refractivity contribution in [2.75, 3.05) is 19.8 Å². The summed E-state index contributed by atoms with van der Waals surface area (Å²) in [6.45, 7) is 3.15. The van der Waals surface area contributed by atoms with Gasteiger partial charge in [-0.1, -0.05) is 6.92 Å². The molecule has 5 rings (SSSR count). The van der Waals surface area contributed by atoms with Gasteiger partial charge in [0.1, 0.15) is 0 Å². The lowest BCUT2D eigenvalue weighted by molar-refractivity contribution is -0.557. The number of ether oxygens (including phenoxy) is 3. The van der Waals surface area contributed by atoms with Crippen molar-refractivity contribution >= 4 is 0 Å². The molecule has 0 aromatic carbocycles. The Morgan fingerprint density at radius 2 is 2.00 bits per heavy atom. The molecule has 1 N–H and O–H groups in total. The summed E-state index contributed by atoms with van der Waals surface area (Å²) in [5.41, 5.74) is -1.11. The van der Waals surface area contributed by atoms with Crippen LogP contribution in [0.2, 0.25) is 0 Å². The fraction of sp³-hybridized carbons (Fsp3) is 0.889. The van der Waals surface area contributed by atoms with E-state index in [-0.39, 0.29) is 37.2 Å². The molecule has 0 aromatic rings. The topological polar surface area (TPSA) is 66.4 Å². The van der Waals surface area contributed by atoms with Gasteiger partial charge in [-0.05, 0) is 32.1 Å². The molecule has 6 nitrogen and oxygen atoms in total. The molecule has 0 unspecified atom stereocenters. The minimum absolute atomic E-state index is 0.0156. The van der Waals surface area contributed by atoms with Crippen LogP contribution in [0.5, 0.6) is 0 Å². The quantitative estimate of drug-likeness (QED) is 0.584. The van der Waals surface area contributed by atoms with Gasteiger partial charge in [0, 0.05) is 23.8 Å². The molecule has 0 radical (unpaired) electrons. The number of fused-ring (bicyclic) bond motifs is 2. The first-order valence-corrected chi connectivity index (χ1v) is 9.41. The van der Waals surface area contributed by atoms with E-state index >= 15 is 0 Å². The normalized spacial score (nSPS) is 43.9. The van der Waals surface area contributed by atoms with Gasteiger partial charge in [0.15, 0.2) is 5.60 Å². The maximum Gasteiger partial charge on any atom is 0.449 e. The third-order valence-electron chi connectivity index (χ3n) is 6.41. The molecule has 1 saturated carbocycles. The van der Waals surface area contributed by atoms with E-state index < -0.39 is 35.5 Å². The van der Waals surface area contributed by atoms with Crippen molar-refractivity contribution in [2.24, 2.45) is 17.8 Å². The summed E-state index contributed by atoms with van der Waals surface area (Å²) < 4.78 is 58.0. The second-order valence-electron chi connectivity index (χ2n) is 8.10. The average molecular weight is 394 g/mol. The predicted molar refractivity (Wildman–Crippen MR) is 84.9 cm³/mol. The summed E-state index contributed by atoms with van der Waals surface area (Å²) in [6, 6.07) is 0. The summed E-state index contributed by atoms with van der Waals surface area (Å²) in [4.78, 5) is 11.4. The van der Waals surface area contributed by atoms with Gasteiger partial charge >= 0.3 is 6.18 Å². The van der Waals surface area contributed by atoms with Crippen LogP contribution in [0.15, 0.2) is 11.3 Å². The predicted octanol–water partition coefficient (Wildman–Crippen LogP) is 3.06. The third-order valence-corrected chi connectivity index (χ3v) is 6.41. The highest BCUT2D eigenvalue weighted by molar-refractivity contribution is 5.28. The average Bonchev–Trinajstić information content (AvgIpc) is 2.83. The minimum Gasteiger partial charge on any atom is -0.456 e. The van der Waals surface area contributed by atoms with E-state index in [1.807, 2.05) is 0 Å². The Morgan fingerprint density at radius 1 is 1.22 bits per heavy atom. The van der Waals surface area contributed by atoms with Crippen LogP contribution in [-0.4, -0.2) is 48.8 Å². The number of hydrogen-bond donors (Lipinski definition) is 1. The molecule has 1 aliphatic carbocycles. The van der Waals surface area contributed by atoms with E-state index in [1.54, 1.807) is 6.92 Å². The van der Waals surface area contributed by atoms with E-state index in [2.05, 4.69) is 6.92 Å². The number of halogens is 3. The largest absolute Gasteiger partial charge is 0.456 e. The van der Waals surface area contributed by atoms with Crippen molar-refractivity contribution in [1.29, 1.82) is 0 Å². The Balaban J connectivity index is 1.81. The van der Waals surface area contributed by atoms with Crippen molar-refractivity contribution in [3.8, 4) is 0 Å². The van der Waals surface area contributed by atoms with Gasteiger partial charge in [0.25, 0.3) is 0 Å². The maximum atomic E-state index is 13.8. The van der Waals surface area contributed by atoms with Crippen LogP contribution in [0.1, 0.15) is 39.5 Å². The number of alkyl halides is 3. The molecule has 154 valence electrons. The summed E-state index contributed by atoms with van der Waals surface area (Å²) in [6.07, 6.45) is -3.34. The molecule has 4 fully saturated rings. The van der Waals surface area contributed by atoms with Crippen LogP contribution < -0.4 is 0 Å². The second-order valence-corrected chi connectivity index (χ2v) is 8.10. The van der Waals surface area contributed by atoms with E-state index in [1.165, 1.54) is 0 Å². The zero-order valence-corrected chi connectivity index (χ0v) is 15.4. The van der Waals surface area contributed by atoms with Crippen molar-refractivity contribution < 1.29 is 42.3 Å². The fourth-order valence-electron chi connectivity index (χ4n) is 5.15. The summed E-state index contributed by atoms with van der Waals surface area (Å²) in [5.74, 6) is -2.58. The molecule has 4 aliphatic heterocycles. The van der Waals surface area contributed by atoms with Gasteiger partial charge in [0.2, 0.25) is 17.8 Å². The van der Waals surface area contributed by atoms with Crippen LogP contribution in [0.25, 0.3) is 0 Å². The highest BCUT2D eigenvalue weighted by Crippen LogP contribution is 2.61. The molecule has 0 amide bonds. The molecule has 27 heavy (non-hydrogen) atoms. The molecular formula is C18H25F3O6. The number of hydrogen-bond acceptors (Lipinski definition) is 6. The number of allylic oxidation sites excluding steroid dienone is 1. The molecule has 9 heteroatoms. The van der Waals surface area contributed by atoms with E-state index in [4.69, 9.17) is 29.1 Å². The van der Waals surface area contributed by atoms with Gasteiger partial charge in [-0.2, -0.15) is 13.2 Å². The fourth-order valence-corrected chi connectivity index (χ4v) is 5.15. The van der Waals surface area contributed by atoms with Gasteiger partial charge < -0.3 is 19.3 Å². The lowest BCUT2D eigenvalue weighted by Crippen LogP contribution is -2.67. The summed E-state index contributed by atoms with van der Waals surface area (Å²) in [7, 11) is 0. The van der Waals surface area contributed by atoms with E-state index in [0.29, 0.717) is 12.8 Å². The van der Waals surface area contributed by atoms with Gasteiger partial charge in [-0.3, -0.25) is 0 Å². The van der Waals surface area contributed by atoms with Gasteiger partial charge in [-0.15, -0.1) is 0 Å². The van der Waals surface area contributed by atoms with E-state index in [9.17, 15) is 13.2 Å². The SMILES string of the molecule is C[C@@H]1CC[C@H]2C(COCCO)=C(C(F)(F)F)O[C@@H]3O[C@]4(C)CC[C@@H]1[C@]32OO4. The zero-order chi connectivity index (χ0) is 19.4. The molecule has 1 spiro atoms. The van der Waals surface area contributed by atoms with E-state index in [0.717, 1.165) is 12.8 Å². The molecule has 2 bridgehead atoms. The standard InChI is InChI=1S/C18H25F3O6/c1-10-3-4-13-11(9-23-8-7-22)14(18(19,20)21)24-15-17(13)12(10)5-6-16(2,25-15)26-27-17/h10,12-13,15,22H,3-9H2,1-2H3/t10-,12+,13+,15-,16+,17-/m1/s1. The van der Waals surface area contributed by atoms with Crippen molar-refractivity contribution in [3.05, 3.63) is 11.3 Å². The van der Waals surface area contributed by atoms with Gasteiger partial charge in [-0.25, -0.2) is 9.78 Å². The molecular weight excluding hydrogens is 369 g/mol. The highest BCUT2D eigenvalue weighted by atomic mass is 19.4. The molecule has 3 saturated heterocycles. The van der Waals surface area contributed by atoms with Crippen LogP contribution in [0.3, 0.4) is 0 Å². The van der Waals surface area contributed by atoms with Gasteiger partial charge in [0.05, 0.1) is 19.8 Å². The maximum absolute atomic E-state index is 13.8. The Bertz CT molecular complexity index is 623. The van der Waals surface area contributed by atoms with Crippen molar-refractivity contribution in [2.45, 2.75) is 63.4 Å². The van der Waals surface area contributed by atoms with Crippen molar-refractivity contribution in [3.63, 3.8) is 0 Å². The summed E-state index contributed by atoms with van der Waals surface area (Å²) >= 11 is 0. The van der Waals surface area contributed by atoms with Crippen molar-refractivity contribution in [1.82, 2.24) is 0 Å². The monoisotopic (exact) mass is 394 g/mol. The van der Waals surface area contributed by atoms with Crippen LogP contribution in [0, 0.1) is 17.8 Å². The van der Waals surface area contributed by atoms with Crippen LogP contribution in [0.4, 0.5) is 13.2 Å². The van der Waals surface area contributed by atoms with Crippen LogP contribution in [-0.2, 0) is 24.0 Å². The highest BCUT2D eigenvalue weighted by Gasteiger charge is 2.70. The smallest absolute Gasteiger partial charge is 0.449 e. The molecule has 6 atom stereocenters. The van der Waals surface area contributed by atoms with Crippen LogP contribution >= 0.6 is 0 Å². The summed E-state index contributed by atoms with van der Waals surface area (Å²) in [5, 5.41) is 8.93. The molecule has 5 aliphatic rings. The zero-order valence-electron chi connectivity index (χ0n) is 15.4. The number of aliphatic hydroxyl groups excluding tert-OH is 1. The lowest BCUT2D eigenvalue weighted by Gasteiger charge is -2.57. The molecule has 0 aromatic heterocycles. The Morgan fingerprint density at radius 3 is 2.70 bits per heavy atom. The third kappa shape index (κ3) is 2.98. The first-order valence-electron chi connectivity index (χ1n) is 9.41. The lowest BCUT2D eigenvalue weighted by atomic mass is 9.59. The number of rotatable bonds is 4.